The van der Waals surface area contributed by atoms with E-state index in [9.17, 15) is 0 Å². The first-order valence-electron chi connectivity index (χ1n) is 5.58. The second-order valence-corrected chi connectivity index (χ2v) is 5.17. The fraction of sp³-hybridized carbons (Fsp3) is 0. The molecule has 0 saturated heterocycles. The number of benzene rings is 2. The lowest BCUT2D eigenvalue weighted by atomic mass is 10.2. The van der Waals surface area contributed by atoms with E-state index in [1.165, 1.54) is 0 Å². The smallest absolute Gasteiger partial charge is 0.246 e. The molecule has 0 aliphatic rings. The van der Waals surface area contributed by atoms with Crippen molar-refractivity contribution in [3.8, 4) is 11.6 Å². The highest BCUT2D eigenvalue weighted by molar-refractivity contribution is 9.10. The zero-order valence-corrected chi connectivity index (χ0v) is 12.0. The van der Waals surface area contributed by atoms with Crippen LogP contribution in [0.4, 0.5) is 0 Å². The molecule has 0 unspecified atom stereocenters. The van der Waals surface area contributed by atoms with Crippen molar-refractivity contribution >= 4 is 38.3 Å². The lowest BCUT2D eigenvalue weighted by Gasteiger charge is -2.07. The van der Waals surface area contributed by atoms with E-state index in [-0.39, 0.29) is 0 Å². The van der Waals surface area contributed by atoms with E-state index >= 15 is 0 Å². The normalized spacial score (nSPS) is 10.6. The Labute approximate surface area is 123 Å². The minimum atomic E-state index is 0.372. The van der Waals surface area contributed by atoms with E-state index in [2.05, 4.69) is 26.1 Å². The van der Waals surface area contributed by atoms with Gasteiger partial charge in [0.15, 0.2) is 5.15 Å². The molecule has 5 heteroatoms. The summed E-state index contributed by atoms with van der Waals surface area (Å²) in [6.07, 6.45) is 0. The van der Waals surface area contributed by atoms with Crippen LogP contribution >= 0.6 is 27.5 Å². The molecule has 0 N–H and O–H groups in total. The largest absolute Gasteiger partial charge is 0.437 e. The molecular formula is C14H8BrClN2O. The number of hydrogen-bond acceptors (Lipinski definition) is 3. The van der Waals surface area contributed by atoms with Crippen LogP contribution in [0.25, 0.3) is 10.8 Å². The van der Waals surface area contributed by atoms with E-state index in [4.69, 9.17) is 16.3 Å². The topological polar surface area (TPSA) is 35.0 Å². The maximum absolute atomic E-state index is 6.02. The minimum absolute atomic E-state index is 0.372. The Balaban J connectivity index is 2.09. The standard InChI is InChI=1S/C14H8BrClN2O/c15-9-4-3-5-10(8-9)19-14-12-7-2-1-6-11(12)13(16)17-18-14/h1-8H. The summed E-state index contributed by atoms with van der Waals surface area (Å²) in [7, 11) is 0. The van der Waals surface area contributed by atoms with Crippen LogP contribution in [0.3, 0.4) is 0 Å². The summed E-state index contributed by atoms with van der Waals surface area (Å²) in [5.41, 5.74) is 0. The number of halogens is 2. The molecule has 1 heterocycles. The van der Waals surface area contributed by atoms with Gasteiger partial charge in [-0.25, -0.2) is 0 Å². The number of ether oxygens (including phenoxy) is 1. The van der Waals surface area contributed by atoms with Crippen molar-refractivity contribution in [1.82, 2.24) is 10.2 Å². The van der Waals surface area contributed by atoms with Crippen molar-refractivity contribution < 1.29 is 4.74 Å². The van der Waals surface area contributed by atoms with Crippen molar-refractivity contribution in [1.29, 1.82) is 0 Å². The molecule has 3 rings (SSSR count). The first-order chi connectivity index (χ1) is 9.24. The average Bonchev–Trinajstić information content (AvgIpc) is 2.42. The maximum atomic E-state index is 6.02. The van der Waals surface area contributed by atoms with E-state index in [1.54, 1.807) is 0 Å². The van der Waals surface area contributed by atoms with Gasteiger partial charge in [0.2, 0.25) is 5.88 Å². The average molecular weight is 336 g/mol. The molecule has 0 spiro atoms. The third-order valence-electron chi connectivity index (χ3n) is 2.62. The van der Waals surface area contributed by atoms with Crippen LogP contribution in [-0.4, -0.2) is 10.2 Å². The van der Waals surface area contributed by atoms with Gasteiger partial charge in [-0.2, -0.15) is 0 Å². The van der Waals surface area contributed by atoms with Crippen molar-refractivity contribution in [2.45, 2.75) is 0 Å². The lowest BCUT2D eigenvalue weighted by Crippen LogP contribution is -1.93. The Hall–Kier alpha value is -1.65. The van der Waals surface area contributed by atoms with Gasteiger partial charge in [0.25, 0.3) is 0 Å². The summed E-state index contributed by atoms with van der Waals surface area (Å²) in [5, 5.41) is 9.95. The van der Waals surface area contributed by atoms with Gasteiger partial charge in [-0.05, 0) is 24.3 Å². The predicted molar refractivity (Wildman–Crippen MR) is 78.8 cm³/mol. The SMILES string of the molecule is Clc1nnc(Oc2cccc(Br)c2)c2ccccc12. The summed E-state index contributed by atoms with van der Waals surface area (Å²) in [4.78, 5) is 0. The van der Waals surface area contributed by atoms with Crippen LogP contribution in [0, 0.1) is 0 Å². The first-order valence-corrected chi connectivity index (χ1v) is 6.75. The van der Waals surface area contributed by atoms with Gasteiger partial charge < -0.3 is 4.74 Å². The number of nitrogens with zero attached hydrogens (tertiary/aromatic N) is 2. The van der Waals surface area contributed by atoms with E-state index in [0.717, 1.165) is 15.2 Å². The minimum Gasteiger partial charge on any atom is -0.437 e. The number of rotatable bonds is 2. The van der Waals surface area contributed by atoms with Crippen LogP contribution in [-0.2, 0) is 0 Å². The maximum Gasteiger partial charge on any atom is 0.246 e. The third-order valence-corrected chi connectivity index (χ3v) is 3.39. The molecule has 94 valence electrons. The second-order valence-electron chi connectivity index (χ2n) is 3.90. The molecule has 0 bridgehead atoms. The molecule has 19 heavy (non-hydrogen) atoms. The van der Waals surface area contributed by atoms with Crippen molar-refractivity contribution in [3.63, 3.8) is 0 Å². The predicted octanol–water partition coefficient (Wildman–Crippen LogP) is 4.84. The van der Waals surface area contributed by atoms with Gasteiger partial charge in [0, 0.05) is 15.2 Å². The molecule has 3 aromatic rings. The van der Waals surface area contributed by atoms with Crippen molar-refractivity contribution in [2.24, 2.45) is 0 Å². The highest BCUT2D eigenvalue weighted by Gasteiger charge is 2.09. The van der Waals surface area contributed by atoms with Gasteiger partial charge in [0.05, 0.1) is 0 Å². The van der Waals surface area contributed by atoms with Gasteiger partial charge in [-0.15, -0.1) is 10.2 Å². The molecular weight excluding hydrogens is 328 g/mol. The van der Waals surface area contributed by atoms with E-state index < -0.39 is 0 Å². The Morgan fingerprint density at radius 1 is 0.947 bits per heavy atom. The summed E-state index contributed by atoms with van der Waals surface area (Å²) in [6, 6.07) is 15.2. The Morgan fingerprint density at radius 3 is 2.53 bits per heavy atom. The van der Waals surface area contributed by atoms with Gasteiger partial charge in [-0.1, -0.05) is 51.8 Å². The zero-order valence-electron chi connectivity index (χ0n) is 9.68. The fourth-order valence-electron chi connectivity index (χ4n) is 1.76. The molecule has 3 nitrogen and oxygen atoms in total. The second kappa shape index (κ2) is 5.15. The number of hydrogen-bond donors (Lipinski definition) is 0. The Morgan fingerprint density at radius 2 is 1.74 bits per heavy atom. The third kappa shape index (κ3) is 2.55. The fourth-order valence-corrected chi connectivity index (χ4v) is 2.34. The molecule has 0 aliphatic heterocycles. The molecule has 0 atom stereocenters. The van der Waals surface area contributed by atoms with Crippen LogP contribution in [0.15, 0.2) is 53.0 Å². The highest BCUT2D eigenvalue weighted by atomic mass is 79.9. The van der Waals surface area contributed by atoms with Crippen LogP contribution in [0.2, 0.25) is 5.15 Å². The van der Waals surface area contributed by atoms with Crippen LogP contribution < -0.4 is 4.74 Å². The summed E-state index contributed by atoms with van der Waals surface area (Å²) >= 11 is 9.42. The summed E-state index contributed by atoms with van der Waals surface area (Å²) in [5.74, 6) is 1.13. The van der Waals surface area contributed by atoms with Gasteiger partial charge in [0.1, 0.15) is 5.75 Å². The lowest BCUT2D eigenvalue weighted by molar-refractivity contribution is 0.461. The van der Waals surface area contributed by atoms with Gasteiger partial charge >= 0.3 is 0 Å². The molecule has 1 aromatic heterocycles. The van der Waals surface area contributed by atoms with Gasteiger partial charge in [-0.3, -0.25) is 0 Å². The van der Waals surface area contributed by atoms with Crippen LogP contribution in [0.1, 0.15) is 0 Å². The van der Waals surface area contributed by atoms with E-state index in [1.807, 2.05) is 48.5 Å². The highest BCUT2D eigenvalue weighted by Crippen LogP contribution is 2.31. The van der Waals surface area contributed by atoms with Crippen molar-refractivity contribution in [3.05, 3.63) is 58.2 Å². The molecule has 0 fully saturated rings. The zero-order chi connectivity index (χ0) is 13.2. The summed E-state index contributed by atoms with van der Waals surface area (Å²) in [6.45, 7) is 0. The Kier molecular flexibility index (Phi) is 3.36. The van der Waals surface area contributed by atoms with Crippen molar-refractivity contribution in [2.75, 3.05) is 0 Å². The number of aromatic nitrogens is 2. The van der Waals surface area contributed by atoms with E-state index in [0.29, 0.717) is 16.8 Å². The molecule has 0 radical (unpaired) electrons. The monoisotopic (exact) mass is 334 g/mol. The Bertz CT molecular complexity index is 748. The molecule has 0 aliphatic carbocycles. The first kappa shape index (κ1) is 12.4. The molecule has 0 saturated carbocycles. The number of fused-ring (bicyclic) bond motifs is 1. The quantitative estimate of drug-likeness (QED) is 0.672. The molecule has 0 amide bonds. The van der Waals surface area contributed by atoms with Crippen LogP contribution in [0.5, 0.6) is 11.6 Å². The summed E-state index contributed by atoms with van der Waals surface area (Å²) < 4.78 is 6.71. The molecule has 2 aromatic carbocycles.